The van der Waals surface area contributed by atoms with Gasteiger partial charge in [0, 0.05) is 6.08 Å². The van der Waals surface area contributed by atoms with Gasteiger partial charge in [-0.1, -0.05) is 12.1 Å². The molecular weight excluding hydrogens is 166 g/mol. The van der Waals surface area contributed by atoms with Crippen LogP contribution in [0.15, 0.2) is 24.3 Å². The topological polar surface area (TPSA) is 61.1 Å². The molecule has 3 heteroatoms. The second kappa shape index (κ2) is 4.07. The number of hydrogen-bond acceptors (Lipinski definition) is 3. The number of nitrogens with zero attached hydrogens (tertiary/aromatic N) is 1. The summed E-state index contributed by atoms with van der Waals surface area (Å²) < 4.78 is 0. The summed E-state index contributed by atoms with van der Waals surface area (Å²) >= 11 is 0. The largest absolute Gasteiger partial charge is 0.507 e. The number of phenols is 1. The number of hydrogen-bond donors (Lipinski definition) is 1. The Morgan fingerprint density at radius 3 is 2.85 bits per heavy atom. The highest BCUT2D eigenvalue weighted by Gasteiger charge is 2.02. The molecule has 0 saturated heterocycles. The summed E-state index contributed by atoms with van der Waals surface area (Å²) in [5.74, 6) is -0.0740. The third-order valence-electron chi connectivity index (χ3n) is 1.57. The minimum atomic E-state index is -0.0740. The maximum Gasteiger partial charge on any atom is 0.154 e. The lowest BCUT2D eigenvalue weighted by Gasteiger charge is -1.99. The Balaban J connectivity index is 3.22. The molecule has 0 amide bonds. The quantitative estimate of drug-likeness (QED) is 0.547. The van der Waals surface area contributed by atoms with Gasteiger partial charge in [0.2, 0.25) is 0 Å². The number of carbonyl (C=O) groups is 1. The monoisotopic (exact) mass is 173 g/mol. The molecule has 0 saturated carbocycles. The maximum atomic E-state index is 10.5. The molecule has 13 heavy (non-hydrogen) atoms. The van der Waals surface area contributed by atoms with E-state index in [9.17, 15) is 9.90 Å². The Bertz CT molecular complexity index is 388. The highest BCUT2D eigenvalue weighted by molar-refractivity contribution is 5.85. The van der Waals surface area contributed by atoms with Gasteiger partial charge in [-0.3, -0.25) is 4.79 Å². The van der Waals surface area contributed by atoms with Gasteiger partial charge in [0.25, 0.3) is 0 Å². The zero-order chi connectivity index (χ0) is 9.68. The number of carbonyl (C=O) groups excluding carboxylic acids is 1. The Hall–Kier alpha value is -2.08. The number of benzene rings is 1. The van der Waals surface area contributed by atoms with Crippen LogP contribution in [-0.4, -0.2) is 11.4 Å². The Labute approximate surface area is 75.5 Å². The predicted molar refractivity (Wildman–Crippen MR) is 48.1 cm³/mol. The van der Waals surface area contributed by atoms with Gasteiger partial charge in [0.05, 0.1) is 11.6 Å². The van der Waals surface area contributed by atoms with Crippen LogP contribution in [-0.2, 0) is 0 Å². The van der Waals surface area contributed by atoms with Crippen molar-refractivity contribution in [2.45, 2.75) is 0 Å². The lowest BCUT2D eigenvalue weighted by molar-refractivity contribution is 0.112. The SMILES string of the molecule is N#CC=Cc1cccc(O)c1C=O. The first-order chi connectivity index (χ1) is 6.29. The molecule has 1 rings (SSSR count). The molecule has 3 nitrogen and oxygen atoms in total. The van der Waals surface area contributed by atoms with Gasteiger partial charge in [0.15, 0.2) is 6.29 Å². The second-order valence-electron chi connectivity index (χ2n) is 2.36. The summed E-state index contributed by atoms with van der Waals surface area (Å²) in [4.78, 5) is 10.5. The van der Waals surface area contributed by atoms with Crippen LogP contribution in [0.5, 0.6) is 5.75 Å². The van der Waals surface area contributed by atoms with Crippen LogP contribution in [0.25, 0.3) is 6.08 Å². The molecule has 0 aliphatic heterocycles. The fourth-order valence-corrected chi connectivity index (χ4v) is 0.971. The molecule has 64 valence electrons. The van der Waals surface area contributed by atoms with Gasteiger partial charge in [-0.15, -0.1) is 0 Å². The minimum absolute atomic E-state index is 0.0740. The normalized spacial score (nSPS) is 9.77. The van der Waals surface area contributed by atoms with Crippen molar-refractivity contribution in [3.8, 4) is 11.8 Å². The Morgan fingerprint density at radius 1 is 1.46 bits per heavy atom. The smallest absolute Gasteiger partial charge is 0.154 e. The van der Waals surface area contributed by atoms with Crippen molar-refractivity contribution < 1.29 is 9.90 Å². The molecule has 1 aromatic rings. The van der Waals surface area contributed by atoms with Crippen molar-refractivity contribution in [2.24, 2.45) is 0 Å². The van der Waals surface area contributed by atoms with Gasteiger partial charge < -0.3 is 5.11 Å². The van der Waals surface area contributed by atoms with E-state index in [2.05, 4.69) is 0 Å². The van der Waals surface area contributed by atoms with Crippen molar-refractivity contribution in [2.75, 3.05) is 0 Å². The van der Waals surface area contributed by atoms with E-state index in [1.54, 1.807) is 12.1 Å². The molecule has 0 spiro atoms. The van der Waals surface area contributed by atoms with Gasteiger partial charge in [-0.25, -0.2) is 0 Å². The van der Waals surface area contributed by atoms with E-state index >= 15 is 0 Å². The fraction of sp³-hybridized carbons (Fsp3) is 0. The summed E-state index contributed by atoms with van der Waals surface area (Å²) in [6.07, 6.45) is 3.29. The van der Waals surface area contributed by atoms with Crippen molar-refractivity contribution in [1.29, 1.82) is 5.26 Å². The molecule has 0 aliphatic carbocycles. The molecule has 0 bridgehead atoms. The molecule has 0 atom stereocenters. The molecule has 1 N–H and O–H groups in total. The molecule has 1 aromatic carbocycles. The summed E-state index contributed by atoms with van der Waals surface area (Å²) in [7, 11) is 0. The molecule has 0 unspecified atom stereocenters. The van der Waals surface area contributed by atoms with Crippen LogP contribution < -0.4 is 0 Å². The van der Waals surface area contributed by atoms with Crippen LogP contribution in [0.3, 0.4) is 0 Å². The molecule has 0 radical (unpaired) electrons. The minimum Gasteiger partial charge on any atom is -0.507 e. The van der Waals surface area contributed by atoms with E-state index < -0.39 is 0 Å². The predicted octanol–water partition coefficient (Wildman–Crippen LogP) is 1.74. The average molecular weight is 173 g/mol. The molecule has 0 fully saturated rings. The maximum absolute atomic E-state index is 10.5. The third kappa shape index (κ3) is 1.94. The van der Waals surface area contributed by atoms with Crippen molar-refractivity contribution in [3.05, 3.63) is 35.4 Å². The summed E-state index contributed by atoms with van der Waals surface area (Å²) in [5.41, 5.74) is 0.741. The molecule has 0 aliphatic rings. The van der Waals surface area contributed by atoms with Crippen molar-refractivity contribution in [1.82, 2.24) is 0 Å². The van der Waals surface area contributed by atoms with Gasteiger partial charge in [-0.2, -0.15) is 5.26 Å². The summed E-state index contributed by atoms with van der Waals surface area (Å²) in [6.45, 7) is 0. The molecular formula is C10H7NO2. The number of aldehydes is 1. The number of allylic oxidation sites excluding steroid dienone is 1. The first-order valence-electron chi connectivity index (χ1n) is 3.63. The fourth-order valence-electron chi connectivity index (χ4n) is 0.971. The Morgan fingerprint density at radius 2 is 2.23 bits per heavy atom. The molecule has 0 heterocycles. The summed E-state index contributed by atoms with van der Waals surface area (Å²) in [5, 5.41) is 17.5. The lowest BCUT2D eigenvalue weighted by Crippen LogP contribution is -1.85. The van der Waals surface area contributed by atoms with E-state index in [0.29, 0.717) is 11.8 Å². The number of aromatic hydroxyl groups is 1. The Kier molecular flexibility index (Phi) is 2.82. The first kappa shape index (κ1) is 9.01. The first-order valence-corrected chi connectivity index (χ1v) is 3.63. The zero-order valence-corrected chi connectivity index (χ0v) is 6.77. The van der Waals surface area contributed by atoms with Crippen LogP contribution in [0.4, 0.5) is 0 Å². The number of rotatable bonds is 2. The van der Waals surface area contributed by atoms with E-state index in [-0.39, 0.29) is 11.3 Å². The van der Waals surface area contributed by atoms with Crippen molar-refractivity contribution >= 4 is 12.4 Å². The number of nitriles is 1. The standard InChI is InChI=1S/C10H7NO2/c11-6-2-4-8-3-1-5-10(13)9(8)7-12/h1-5,7,13H. The second-order valence-corrected chi connectivity index (χ2v) is 2.36. The van der Waals surface area contributed by atoms with Gasteiger partial charge in [0.1, 0.15) is 5.75 Å². The third-order valence-corrected chi connectivity index (χ3v) is 1.57. The van der Waals surface area contributed by atoms with Crippen molar-refractivity contribution in [3.63, 3.8) is 0 Å². The van der Waals surface area contributed by atoms with E-state index in [1.807, 2.05) is 6.07 Å². The van der Waals surface area contributed by atoms with Crippen LogP contribution in [0.2, 0.25) is 0 Å². The van der Waals surface area contributed by atoms with E-state index in [4.69, 9.17) is 5.26 Å². The van der Waals surface area contributed by atoms with Crippen LogP contribution >= 0.6 is 0 Å². The lowest BCUT2D eigenvalue weighted by atomic mass is 10.1. The number of phenolic OH excluding ortho intramolecular Hbond substituents is 1. The van der Waals surface area contributed by atoms with Gasteiger partial charge >= 0.3 is 0 Å². The summed E-state index contributed by atoms with van der Waals surface area (Å²) in [6, 6.07) is 6.49. The molecule has 0 aromatic heterocycles. The van der Waals surface area contributed by atoms with Crippen LogP contribution in [0.1, 0.15) is 15.9 Å². The zero-order valence-electron chi connectivity index (χ0n) is 6.77. The van der Waals surface area contributed by atoms with Gasteiger partial charge in [-0.05, 0) is 17.7 Å². The van der Waals surface area contributed by atoms with E-state index in [1.165, 1.54) is 18.2 Å². The highest BCUT2D eigenvalue weighted by Crippen LogP contribution is 2.19. The van der Waals surface area contributed by atoms with E-state index in [0.717, 1.165) is 0 Å². The van der Waals surface area contributed by atoms with Crippen LogP contribution in [0, 0.1) is 11.3 Å². The highest BCUT2D eigenvalue weighted by atomic mass is 16.3. The average Bonchev–Trinajstić information content (AvgIpc) is 2.15.